The summed E-state index contributed by atoms with van der Waals surface area (Å²) in [4.78, 5) is 11.9. The first kappa shape index (κ1) is 15.1. The minimum Gasteiger partial charge on any atom is -0.293 e. The molecule has 0 aromatic heterocycles. The van der Waals surface area contributed by atoms with Gasteiger partial charge in [-0.15, -0.1) is 0 Å². The molecule has 3 heteroatoms. The van der Waals surface area contributed by atoms with Gasteiger partial charge in [0.05, 0.1) is 5.75 Å². The molecular formula is C15H22O2S. The second-order valence-corrected chi connectivity index (χ2v) is 6.52. The molecule has 0 aliphatic heterocycles. The molecule has 0 saturated heterocycles. The van der Waals surface area contributed by atoms with Gasteiger partial charge in [0, 0.05) is 22.1 Å². The summed E-state index contributed by atoms with van der Waals surface area (Å²) in [5.74, 6) is 1.29. The fourth-order valence-corrected chi connectivity index (χ4v) is 2.93. The monoisotopic (exact) mass is 266 g/mol. The van der Waals surface area contributed by atoms with E-state index in [2.05, 4.69) is 20.8 Å². The number of ketones is 1. The van der Waals surface area contributed by atoms with Crippen LogP contribution in [0.25, 0.3) is 0 Å². The number of Topliss-reactive ketones (excluding diaryl/α,β-unsaturated/α-hetero) is 1. The maximum atomic E-state index is 11.9. The molecule has 18 heavy (non-hydrogen) atoms. The van der Waals surface area contributed by atoms with Gasteiger partial charge in [-0.3, -0.25) is 9.00 Å². The maximum Gasteiger partial charge on any atom is 0.175 e. The van der Waals surface area contributed by atoms with Crippen LogP contribution in [0.15, 0.2) is 24.3 Å². The Hall–Kier alpha value is -0.960. The molecule has 0 N–H and O–H groups in total. The number of aryl methyl sites for hydroxylation is 1. The zero-order valence-corrected chi connectivity index (χ0v) is 12.3. The van der Waals surface area contributed by atoms with Gasteiger partial charge in [0.25, 0.3) is 0 Å². The Balaban J connectivity index is 2.51. The highest BCUT2D eigenvalue weighted by Gasteiger charge is 2.11. The summed E-state index contributed by atoms with van der Waals surface area (Å²) in [6, 6.07) is 7.59. The highest BCUT2D eigenvalue weighted by Crippen LogP contribution is 2.08. The molecule has 100 valence electrons. The van der Waals surface area contributed by atoms with E-state index in [1.54, 1.807) is 0 Å². The third-order valence-electron chi connectivity index (χ3n) is 2.90. The Morgan fingerprint density at radius 3 is 2.33 bits per heavy atom. The second-order valence-electron chi connectivity index (χ2n) is 4.94. The van der Waals surface area contributed by atoms with Crippen molar-refractivity contribution in [3.05, 3.63) is 35.4 Å². The molecule has 1 unspecified atom stereocenters. The van der Waals surface area contributed by atoms with Crippen LogP contribution in [0.1, 0.15) is 43.1 Å². The number of rotatable bonds is 7. The summed E-state index contributed by atoms with van der Waals surface area (Å²) < 4.78 is 11.7. The predicted octanol–water partition coefficient (Wildman–Crippen LogP) is 3.23. The van der Waals surface area contributed by atoms with Crippen LogP contribution in [0.5, 0.6) is 0 Å². The van der Waals surface area contributed by atoms with E-state index in [0.717, 1.165) is 12.8 Å². The van der Waals surface area contributed by atoms with Gasteiger partial charge < -0.3 is 0 Å². The van der Waals surface area contributed by atoms with Crippen LogP contribution < -0.4 is 0 Å². The standard InChI is InChI=1S/C15H22O2S/c1-4-13-5-7-14(8-6-13)15(16)11-18(17)10-9-12(2)3/h5-8,12H,4,9-11H2,1-3H3. The summed E-state index contributed by atoms with van der Waals surface area (Å²) in [7, 11) is -1.03. The van der Waals surface area contributed by atoms with Gasteiger partial charge in [-0.1, -0.05) is 45.0 Å². The SMILES string of the molecule is CCc1ccc(C(=O)CS(=O)CCC(C)C)cc1. The van der Waals surface area contributed by atoms with E-state index in [9.17, 15) is 9.00 Å². The molecule has 0 bridgehead atoms. The van der Waals surface area contributed by atoms with Crippen LogP contribution in [0.4, 0.5) is 0 Å². The van der Waals surface area contributed by atoms with E-state index in [4.69, 9.17) is 0 Å². The lowest BCUT2D eigenvalue weighted by Crippen LogP contribution is -2.14. The molecule has 0 aliphatic carbocycles. The molecule has 0 aliphatic rings. The Labute approximate surface area is 112 Å². The van der Waals surface area contributed by atoms with Gasteiger partial charge in [-0.2, -0.15) is 0 Å². The summed E-state index contributed by atoms with van der Waals surface area (Å²) in [6.45, 7) is 6.28. The van der Waals surface area contributed by atoms with E-state index in [1.807, 2.05) is 24.3 Å². The van der Waals surface area contributed by atoms with Crippen LogP contribution in [-0.4, -0.2) is 21.5 Å². The fraction of sp³-hybridized carbons (Fsp3) is 0.533. The molecule has 0 fully saturated rings. The van der Waals surface area contributed by atoms with Crippen molar-refractivity contribution < 1.29 is 9.00 Å². The smallest absolute Gasteiger partial charge is 0.175 e. The summed E-state index contributed by atoms with van der Waals surface area (Å²) >= 11 is 0. The normalized spacial score (nSPS) is 12.7. The summed E-state index contributed by atoms with van der Waals surface area (Å²) in [5, 5.41) is 0. The predicted molar refractivity (Wildman–Crippen MR) is 77.5 cm³/mol. The van der Waals surface area contributed by atoms with Crippen molar-refractivity contribution in [1.82, 2.24) is 0 Å². The van der Waals surface area contributed by atoms with Crippen molar-refractivity contribution in [1.29, 1.82) is 0 Å². The van der Waals surface area contributed by atoms with Gasteiger partial charge in [-0.25, -0.2) is 0 Å². The van der Waals surface area contributed by atoms with E-state index in [-0.39, 0.29) is 11.5 Å². The minimum atomic E-state index is -1.03. The lowest BCUT2D eigenvalue weighted by molar-refractivity contribution is 0.102. The average molecular weight is 266 g/mol. The van der Waals surface area contributed by atoms with Crippen LogP contribution >= 0.6 is 0 Å². The van der Waals surface area contributed by atoms with Crippen molar-refractivity contribution in [2.45, 2.75) is 33.6 Å². The molecule has 0 heterocycles. The van der Waals surface area contributed by atoms with Crippen molar-refractivity contribution in [3.63, 3.8) is 0 Å². The van der Waals surface area contributed by atoms with Crippen molar-refractivity contribution in [3.8, 4) is 0 Å². The third-order valence-corrected chi connectivity index (χ3v) is 4.17. The molecule has 1 rings (SSSR count). The first-order chi connectivity index (χ1) is 8.52. The first-order valence-electron chi connectivity index (χ1n) is 6.50. The van der Waals surface area contributed by atoms with Crippen molar-refractivity contribution in [2.75, 3.05) is 11.5 Å². The third kappa shape index (κ3) is 5.13. The fourth-order valence-electron chi connectivity index (χ4n) is 1.60. The van der Waals surface area contributed by atoms with Crippen LogP contribution in [0, 0.1) is 5.92 Å². The molecule has 0 saturated carbocycles. The first-order valence-corrected chi connectivity index (χ1v) is 7.98. The van der Waals surface area contributed by atoms with E-state index >= 15 is 0 Å². The zero-order valence-electron chi connectivity index (χ0n) is 11.4. The topological polar surface area (TPSA) is 34.1 Å². The highest BCUT2D eigenvalue weighted by atomic mass is 32.2. The van der Waals surface area contributed by atoms with Gasteiger partial charge in [0.15, 0.2) is 5.78 Å². The lowest BCUT2D eigenvalue weighted by atomic mass is 10.1. The van der Waals surface area contributed by atoms with E-state index in [1.165, 1.54) is 5.56 Å². The largest absolute Gasteiger partial charge is 0.293 e. The number of hydrogen-bond donors (Lipinski definition) is 0. The van der Waals surface area contributed by atoms with E-state index < -0.39 is 10.8 Å². The molecule has 0 radical (unpaired) electrons. The Morgan fingerprint density at radius 2 is 1.83 bits per heavy atom. The molecule has 0 spiro atoms. The van der Waals surface area contributed by atoms with Crippen LogP contribution in [0.3, 0.4) is 0 Å². The number of hydrogen-bond acceptors (Lipinski definition) is 2. The Bertz CT molecular complexity index is 407. The molecule has 1 atom stereocenters. The zero-order chi connectivity index (χ0) is 13.5. The lowest BCUT2D eigenvalue weighted by Gasteiger charge is -2.05. The van der Waals surface area contributed by atoms with E-state index in [0.29, 0.717) is 17.2 Å². The van der Waals surface area contributed by atoms with Gasteiger partial charge >= 0.3 is 0 Å². The van der Waals surface area contributed by atoms with Gasteiger partial charge in [0.1, 0.15) is 0 Å². The van der Waals surface area contributed by atoms with Crippen molar-refractivity contribution in [2.24, 2.45) is 5.92 Å². The summed E-state index contributed by atoms with van der Waals surface area (Å²) in [6.07, 6.45) is 1.88. The van der Waals surface area contributed by atoms with Crippen molar-refractivity contribution >= 4 is 16.6 Å². The highest BCUT2D eigenvalue weighted by molar-refractivity contribution is 7.85. The number of carbonyl (C=O) groups excluding carboxylic acids is 1. The quantitative estimate of drug-likeness (QED) is 0.710. The molecular weight excluding hydrogens is 244 g/mol. The minimum absolute atomic E-state index is 0.0141. The maximum absolute atomic E-state index is 11.9. The van der Waals surface area contributed by atoms with Gasteiger partial charge in [-0.05, 0) is 24.3 Å². The van der Waals surface area contributed by atoms with Gasteiger partial charge in [0.2, 0.25) is 0 Å². The second kappa shape index (κ2) is 7.47. The number of benzene rings is 1. The Morgan fingerprint density at radius 1 is 1.22 bits per heavy atom. The number of carbonyl (C=O) groups is 1. The molecule has 1 aromatic carbocycles. The molecule has 1 aromatic rings. The van der Waals surface area contributed by atoms with Crippen LogP contribution in [-0.2, 0) is 17.2 Å². The average Bonchev–Trinajstić information content (AvgIpc) is 2.36. The van der Waals surface area contributed by atoms with Crippen LogP contribution in [0.2, 0.25) is 0 Å². The molecule has 2 nitrogen and oxygen atoms in total. The summed E-state index contributed by atoms with van der Waals surface area (Å²) in [5.41, 5.74) is 1.89. The molecule has 0 amide bonds. The Kier molecular flexibility index (Phi) is 6.27.